The quantitative estimate of drug-likeness (QED) is 0.825. The van der Waals surface area contributed by atoms with Crippen LogP contribution < -0.4 is 4.74 Å². The zero-order valence-electron chi connectivity index (χ0n) is 14.2. The summed E-state index contributed by atoms with van der Waals surface area (Å²) >= 11 is 0. The van der Waals surface area contributed by atoms with E-state index in [1.54, 1.807) is 7.11 Å². The molecule has 21 heavy (non-hydrogen) atoms. The second kappa shape index (κ2) is 5.28. The van der Waals surface area contributed by atoms with Gasteiger partial charge in [-0.2, -0.15) is 0 Å². The van der Waals surface area contributed by atoms with E-state index in [1.165, 1.54) is 5.56 Å². The van der Waals surface area contributed by atoms with Crippen LogP contribution in [0.1, 0.15) is 59.2 Å². The summed E-state index contributed by atoms with van der Waals surface area (Å²) in [6, 6.07) is 4.24. The SMILES string of the molecule is CCC(C)(C)c1cc(OC)c2nc(C(C)(C)C)cnc2c1. The van der Waals surface area contributed by atoms with Gasteiger partial charge in [-0.15, -0.1) is 0 Å². The molecule has 0 fully saturated rings. The molecule has 1 aromatic heterocycles. The smallest absolute Gasteiger partial charge is 0.147 e. The maximum absolute atomic E-state index is 5.57. The summed E-state index contributed by atoms with van der Waals surface area (Å²) in [6.07, 6.45) is 2.94. The van der Waals surface area contributed by atoms with Gasteiger partial charge in [0.1, 0.15) is 11.3 Å². The molecule has 1 heterocycles. The predicted molar refractivity (Wildman–Crippen MR) is 88.1 cm³/mol. The van der Waals surface area contributed by atoms with Gasteiger partial charge in [0.2, 0.25) is 0 Å². The number of ether oxygens (including phenoxy) is 1. The summed E-state index contributed by atoms with van der Waals surface area (Å²) in [6.45, 7) is 13.1. The summed E-state index contributed by atoms with van der Waals surface area (Å²) in [5, 5.41) is 0. The van der Waals surface area contributed by atoms with Crippen molar-refractivity contribution >= 4 is 11.0 Å². The molecular formula is C18H26N2O. The van der Waals surface area contributed by atoms with Crippen LogP contribution in [0.2, 0.25) is 0 Å². The first-order valence-corrected chi connectivity index (χ1v) is 7.55. The fourth-order valence-electron chi connectivity index (χ4n) is 2.20. The first-order chi connectivity index (χ1) is 9.69. The second-order valence-electron chi connectivity index (χ2n) is 7.29. The lowest BCUT2D eigenvalue weighted by molar-refractivity contribution is 0.415. The Hall–Kier alpha value is -1.64. The van der Waals surface area contributed by atoms with Gasteiger partial charge in [-0.05, 0) is 29.5 Å². The van der Waals surface area contributed by atoms with E-state index in [4.69, 9.17) is 9.72 Å². The monoisotopic (exact) mass is 286 g/mol. The number of hydrogen-bond donors (Lipinski definition) is 0. The number of methoxy groups -OCH3 is 1. The number of benzene rings is 1. The van der Waals surface area contributed by atoms with Gasteiger partial charge < -0.3 is 4.74 Å². The molecule has 0 N–H and O–H groups in total. The maximum Gasteiger partial charge on any atom is 0.147 e. The van der Waals surface area contributed by atoms with E-state index in [2.05, 4.69) is 58.7 Å². The highest BCUT2D eigenvalue weighted by Crippen LogP contribution is 2.34. The molecule has 0 radical (unpaired) electrons. The van der Waals surface area contributed by atoms with E-state index in [9.17, 15) is 0 Å². The van der Waals surface area contributed by atoms with Crippen molar-refractivity contribution in [3.05, 3.63) is 29.6 Å². The maximum atomic E-state index is 5.57. The molecule has 0 amide bonds. The molecule has 0 aliphatic heterocycles. The Balaban J connectivity index is 2.69. The van der Waals surface area contributed by atoms with Crippen LogP contribution in [0.15, 0.2) is 18.3 Å². The molecule has 0 aliphatic rings. The van der Waals surface area contributed by atoms with E-state index in [0.29, 0.717) is 0 Å². The lowest BCUT2D eigenvalue weighted by Gasteiger charge is -2.25. The van der Waals surface area contributed by atoms with E-state index in [0.717, 1.165) is 28.9 Å². The van der Waals surface area contributed by atoms with Gasteiger partial charge in [-0.25, -0.2) is 4.98 Å². The molecule has 3 nitrogen and oxygen atoms in total. The Morgan fingerprint density at radius 1 is 1.10 bits per heavy atom. The molecule has 0 atom stereocenters. The molecule has 0 unspecified atom stereocenters. The molecule has 3 heteroatoms. The zero-order valence-corrected chi connectivity index (χ0v) is 14.2. The Kier molecular flexibility index (Phi) is 3.96. The summed E-state index contributed by atoms with van der Waals surface area (Å²) in [5.74, 6) is 0.808. The molecule has 2 aromatic rings. The highest BCUT2D eigenvalue weighted by molar-refractivity contribution is 5.82. The van der Waals surface area contributed by atoms with Gasteiger partial charge in [-0.3, -0.25) is 4.98 Å². The lowest BCUT2D eigenvalue weighted by atomic mass is 9.82. The molecule has 0 saturated carbocycles. The largest absolute Gasteiger partial charge is 0.494 e. The van der Waals surface area contributed by atoms with E-state index < -0.39 is 0 Å². The van der Waals surface area contributed by atoms with Crippen molar-refractivity contribution in [1.82, 2.24) is 9.97 Å². The van der Waals surface area contributed by atoms with Gasteiger partial charge in [-0.1, -0.05) is 41.5 Å². The number of rotatable bonds is 3. The lowest BCUT2D eigenvalue weighted by Crippen LogP contribution is -2.17. The molecule has 2 rings (SSSR count). The minimum atomic E-state index is -0.0203. The van der Waals surface area contributed by atoms with Crippen LogP contribution in [0.25, 0.3) is 11.0 Å². The van der Waals surface area contributed by atoms with E-state index in [-0.39, 0.29) is 10.8 Å². The standard InChI is InChI=1S/C18H26N2O/c1-8-18(5,6)12-9-13-16(14(10-12)21-7)20-15(11-19-13)17(2,3)4/h9-11H,8H2,1-7H3. The van der Waals surface area contributed by atoms with Crippen LogP contribution in [0, 0.1) is 0 Å². The molecule has 0 bridgehead atoms. The van der Waals surface area contributed by atoms with Gasteiger partial charge in [0, 0.05) is 11.6 Å². The Bertz CT molecular complexity index is 654. The number of fused-ring (bicyclic) bond motifs is 1. The van der Waals surface area contributed by atoms with Crippen molar-refractivity contribution in [1.29, 1.82) is 0 Å². The highest BCUT2D eigenvalue weighted by Gasteiger charge is 2.22. The summed E-state index contributed by atoms with van der Waals surface area (Å²) in [5.41, 5.74) is 4.06. The Morgan fingerprint density at radius 2 is 1.76 bits per heavy atom. The van der Waals surface area contributed by atoms with Crippen molar-refractivity contribution in [2.45, 2.75) is 58.8 Å². The Labute approximate surface area is 127 Å². The van der Waals surface area contributed by atoms with Crippen LogP contribution in [-0.4, -0.2) is 17.1 Å². The number of aromatic nitrogens is 2. The van der Waals surface area contributed by atoms with Crippen LogP contribution >= 0.6 is 0 Å². The summed E-state index contributed by atoms with van der Waals surface area (Å²) in [4.78, 5) is 9.40. The fourth-order valence-corrected chi connectivity index (χ4v) is 2.20. The molecule has 1 aromatic carbocycles. The van der Waals surface area contributed by atoms with E-state index >= 15 is 0 Å². The molecular weight excluding hydrogens is 260 g/mol. The summed E-state index contributed by atoms with van der Waals surface area (Å²) < 4.78 is 5.57. The molecule has 0 saturated heterocycles. The van der Waals surface area contributed by atoms with Crippen LogP contribution in [-0.2, 0) is 10.8 Å². The first kappa shape index (κ1) is 15.7. The van der Waals surface area contributed by atoms with Gasteiger partial charge >= 0.3 is 0 Å². The van der Waals surface area contributed by atoms with Crippen LogP contribution in [0.5, 0.6) is 5.75 Å². The van der Waals surface area contributed by atoms with Gasteiger partial charge in [0.05, 0.1) is 18.3 Å². The molecule has 0 spiro atoms. The third-order valence-electron chi connectivity index (χ3n) is 4.27. The third kappa shape index (κ3) is 3.02. The predicted octanol–water partition coefficient (Wildman–Crippen LogP) is 4.62. The number of hydrogen-bond acceptors (Lipinski definition) is 3. The average molecular weight is 286 g/mol. The fraction of sp³-hybridized carbons (Fsp3) is 0.556. The number of nitrogens with zero attached hydrogens (tertiary/aromatic N) is 2. The zero-order chi connectivity index (χ0) is 15.8. The minimum absolute atomic E-state index is 0.0203. The normalized spacial score (nSPS) is 12.7. The topological polar surface area (TPSA) is 35.0 Å². The minimum Gasteiger partial charge on any atom is -0.494 e. The van der Waals surface area contributed by atoms with Crippen molar-refractivity contribution in [3.8, 4) is 5.75 Å². The third-order valence-corrected chi connectivity index (χ3v) is 4.27. The van der Waals surface area contributed by atoms with Crippen molar-refractivity contribution in [2.24, 2.45) is 0 Å². The second-order valence-corrected chi connectivity index (χ2v) is 7.29. The average Bonchev–Trinajstić information content (AvgIpc) is 2.44. The van der Waals surface area contributed by atoms with Gasteiger partial charge in [0.15, 0.2) is 0 Å². The van der Waals surface area contributed by atoms with Crippen molar-refractivity contribution in [3.63, 3.8) is 0 Å². The van der Waals surface area contributed by atoms with Crippen LogP contribution in [0.3, 0.4) is 0 Å². The summed E-state index contributed by atoms with van der Waals surface area (Å²) in [7, 11) is 1.70. The first-order valence-electron chi connectivity index (χ1n) is 7.55. The van der Waals surface area contributed by atoms with Crippen molar-refractivity contribution in [2.75, 3.05) is 7.11 Å². The van der Waals surface area contributed by atoms with E-state index in [1.807, 2.05) is 6.20 Å². The van der Waals surface area contributed by atoms with Gasteiger partial charge in [0.25, 0.3) is 0 Å². The van der Waals surface area contributed by atoms with Crippen molar-refractivity contribution < 1.29 is 4.74 Å². The van der Waals surface area contributed by atoms with Crippen LogP contribution in [0.4, 0.5) is 0 Å². The Morgan fingerprint density at radius 3 is 2.29 bits per heavy atom. The molecule has 0 aliphatic carbocycles. The molecule has 114 valence electrons. The highest BCUT2D eigenvalue weighted by atomic mass is 16.5.